The molecule has 1 aliphatic rings. The maximum absolute atomic E-state index is 13.2. The minimum Gasteiger partial charge on any atom is -0.489 e. The molecule has 0 aliphatic carbocycles. The molecule has 0 unspecified atom stereocenters. The molecule has 50 heavy (non-hydrogen) atoms. The monoisotopic (exact) mass is 735 g/mol. The molecule has 1 amide bonds. The molecule has 2 aromatic carbocycles. The van der Waals surface area contributed by atoms with Crippen molar-refractivity contribution in [2.45, 2.75) is 37.2 Å². The number of benzene rings is 2. The third kappa shape index (κ3) is 12.5. The summed E-state index contributed by atoms with van der Waals surface area (Å²) in [5.41, 5.74) is 4.46. The van der Waals surface area contributed by atoms with Gasteiger partial charge in [-0.15, -0.1) is 6.42 Å². The average molecular weight is 736 g/mol. The number of sulfone groups is 1. The number of aromatic nitrogens is 1. The summed E-state index contributed by atoms with van der Waals surface area (Å²) in [7, 11) is -3.70. The number of pyridine rings is 1. The largest absolute Gasteiger partial charge is 0.490 e. The van der Waals surface area contributed by atoms with Crippen LogP contribution in [0.4, 0.5) is 26.3 Å². The number of piperidine rings is 1. The third-order valence-electron chi connectivity index (χ3n) is 7.01. The first-order chi connectivity index (χ1) is 23.2. The van der Waals surface area contributed by atoms with Crippen LogP contribution >= 0.6 is 0 Å². The van der Waals surface area contributed by atoms with Crippen LogP contribution in [0.2, 0.25) is 0 Å². The van der Waals surface area contributed by atoms with Crippen LogP contribution in [0.3, 0.4) is 0 Å². The number of aryl methyl sites for hydroxylation is 1. The standard InChI is InChI=1S/C27H29N3O5S.2C2HF3O2/c1-3-13-30-14-12-25(27(31)29-32)21(16-30)18-36(33,34)23-10-8-22(9-11-23)35-17-20-15-19(2)28-26-7-5-4-6-24(20)26;2*3-2(4,5)1(6)7/h1,4-11,15,21,25,32H,12-14,16-18H2,2H3,(H,29,31);2*(H,6,7)/t21-,25-;;/m0../s1. The van der Waals surface area contributed by atoms with E-state index in [1.807, 2.05) is 42.2 Å². The maximum Gasteiger partial charge on any atom is 0.490 e. The van der Waals surface area contributed by atoms with Gasteiger partial charge in [-0.2, -0.15) is 26.3 Å². The number of likely N-dealkylation sites (tertiary alicyclic amines) is 1. The molecule has 272 valence electrons. The van der Waals surface area contributed by atoms with Gasteiger partial charge in [0.05, 0.1) is 22.7 Å². The number of hydroxylamine groups is 1. The van der Waals surface area contributed by atoms with Gasteiger partial charge in [-0.3, -0.25) is 19.9 Å². The van der Waals surface area contributed by atoms with E-state index in [0.717, 1.165) is 22.2 Å². The first-order valence-electron chi connectivity index (χ1n) is 14.2. The van der Waals surface area contributed by atoms with Crippen LogP contribution in [-0.2, 0) is 30.8 Å². The first-order valence-corrected chi connectivity index (χ1v) is 15.9. The van der Waals surface area contributed by atoms with Gasteiger partial charge in [0.2, 0.25) is 5.91 Å². The van der Waals surface area contributed by atoms with E-state index in [4.69, 9.17) is 36.2 Å². The second kappa shape index (κ2) is 17.6. The van der Waals surface area contributed by atoms with Crippen LogP contribution in [0, 0.1) is 31.1 Å². The fourth-order valence-corrected chi connectivity index (χ4v) is 6.42. The topological polar surface area (TPSA) is 183 Å². The van der Waals surface area contributed by atoms with Crippen molar-refractivity contribution in [2.75, 3.05) is 25.4 Å². The Balaban J connectivity index is 0.000000521. The zero-order chi connectivity index (χ0) is 37.9. The van der Waals surface area contributed by atoms with E-state index in [2.05, 4.69) is 10.9 Å². The number of hydrogen-bond acceptors (Lipinski definition) is 9. The number of carboxylic acids is 2. The third-order valence-corrected chi connectivity index (χ3v) is 8.86. The molecule has 2 atom stereocenters. The Labute approximate surface area is 281 Å². The van der Waals surface area contributed by atoms with E-state index in [0.29, 0.717) is 38.4 Å². The number of ether oxygens (including phenoxy) is 1. The SMILES string of the molecule is C#CCN1CC[C@H](C(=O)NO)[C@H](CS(=O)(=O)c2ccc(OCc3cc(C)nc4ccccc34)cc2)C1.O=C(O)C(F)(F)F.O=C(O)C(F)(F)F. The molecule has 0 radical (unpaired) electrons. The Morgan fingerprint density at radius 3 is 2.10 bits per heavy atom. The Bertz CT molecular complexity index is 1770. The number of terminal acetylenes is 1. The highest BCUT2D eigenvalue weighted by Crippen LogP contribution is 2.29. The highest BCUT2D eigenvalue weighted by molar-refractivity contribution is 7.91. The van der Waals surface area contributed by atoms with Crippen molar-refractivity contribution >= 4 is 38.6 Å². The van der Waals surface area contributed by atoms with Gasteiger partial charge in [0.15, 0.2) is 9.84 Å². The summed E-state index contributed by atoms with van der Waals surface area (Å²) in [6, 6.07) is 16.1. The molecule has 0 bridgehead atoms. The smallest absolute Gasteiger partial charge is 0.489 e. The van der Waals surface area contributed by atoms with Gasteiger partial charge in [-0.05, 0) is 62.2 Å². The molecule has 3 aromatic rings. The van der Waals surface area contributed by atoms with Crippen molar-refractivity contribution in [3.05, 3.63) is 65.9 Å². The summed E-state index contributed by atoms with van der Waals surface area (Å²) in [6.45, 7) is 3.56. The van der Waals surface area contributed by atoms with E-state index < -0.39 is 51.9 Å². The zero-order valence-electron chi connectivity index (χ0n) is 26.0. The van der Waals surface area contributed by atoms with Crippen LogP contribution in [0.25, 0.3) is 10.9 Å². The van der Waals surface area contributed by atoms with Crippen molar-refractivity contribution in [1.29, 1.82) is 0 Å². The van der Waals surface area contributed by atoms with Crippen LogP contribution in [0.5, 0.6) is 5.75 Å². The zero-order valence-corrected chi connectivity index (χ0v) is 26.8. The molecule has 1 aromatic heterocycles. The van der Waals surface area contributed by atoms with E-state index in [1.54, 1.807) is 17.6 Å². The molecule has 0 saturated carbocycles. The molecular formula is C31H31F6N3O9S. The van der Waals surface area contributed by atoms with Crippen LogP contribution < -0.4 is 10.2 Å². The summed E-state index contributed by atoms with van der Waals surface area (Å²) in [5, 5.41) is 24.4. The summed E-state index contributed by atoms with van der Waals surface area (Å²) in [5.74, 6) is -4.31. The van der Waals surface area contributed by atoms with E-state index in [1.165, 1.54) is 12.1 Å². The van der Waals surface area contributed by atoms with Gasteiger partial charge in [-0.25, -0.2) is 23.5 Å². The van der Waals surface area contributed by atoms with E-state index in [9.17, 15) is 39.6 Å². The summed E-state index contributed by atoms with van der Waals surface area (Å²) in [4.78, 5) is 36.6. The number of carboxylic acid groups (broad SMARTS) is 2. The molecule has 4 rings (SSSR count). The fourth-order valence-electron chi connectivity index (χ4n) is 4.77. The van der Waals surface area contributed by atoms with Crippen molar-refractivity contribution in [2.24, 2.45) is 11.8 Å². The number of para-hydroxylation sites is 1. The van der Waals surface area contributed by atoms with E-state index >= 15 is 0 Å². The predicted octanol–water partition coefficient (Wildman–Crippen LogP) is 4.24. The van der Waals surface area contributed by atoms with Gasteiger partial charge < -0.3 is 14.9 Å². The predicted molar refractivity (Wildman–Crippen MR) is 163 cm³/mol. The maximum atomic E-state index is 13.2. The number of fused-ring (bicyclic) bond motifs is 1. The number of nitrogens with zero attached hydrogens (tertiary/aromatic N) is 2. The normalized spacial score (nSPS) is 16.5. The van der Waals surface area contributed by atoms with Gasteiger partial charge in [0, 0.05) is 29.1 Å². The number of amides is 1. The fraction of sp³-hybridized carbons (Fsp3) is 0.355. The van der Waals surface area contributed by atoms with Gasteiger partial charge >= 0.3 is 24.3 Å². The molecular weight excluding hydrogens is 704 g/mol. The van der Waals surface area contributed by atoms with Crippen LogP contribution in [-0.4, -0.2) is 89.3 Å². The van der Waals surface area contributed by atoms with Crippen molar-refractivity contribution < 1.29 is 69.3 Å². The number of carbonyl (C=O) groups excluding carboxylic acids is 1. The van der Waals surface area contributed by atoms with Gasteiger partial charge in [-0.1, -0.05) is 24.1 Å². The van der Waals surface area contributed by atoms with Crippen LogP contribution in [0.1, 0.15) is 17.7 Å². The van der Waals surface area contributed by atoms with Gasteiger partial charge in [0.1, 0.15) is 12.4 Å². The minimum absolute atomic E-state index is 0.150. The van der Waals surface area contributed by atoms with Gasteiger partial charge in [0.25, 0.3) is 0 Å². The highest BCUT2D eigenvalue weighted by atomic mass is 32.2. The molecule has 1 aliphatic heterocycles. The number of alkyl halides is 6. The number of halogens is 6. The number of nitrogens with one attached hydrogen (secondary N) is 1. The summed E-state index contributed by atoms with van der Waals surface area (Å²) in [6.07, 6.45) is -4.34. The highest BCUT2D eigenvalue weighted by Gasteiger charge is 2.39. The lowest BCUT2D eigenvalue weighted by Gasteiger charge is -2.36. The quantitative estimate of drug-likeness (QED) is 0.112. The molecule has 12 nitrogen and oxygen atoms in total. The minimum atomic E-state index is -5.08. The Kier molecular flexibility index (Phi) is 14.6. The molecule has 0 spiro atoms. The van der Waals surface area contributed by atoms with E-state index in [-0.39, 0.29) is 10.6 Å². The molecule has 2 heterocycles. The molecule has 1 fully saturated rings. The second-order valence-corrected chi connectivity index (χ2v) is 12.7. The van der Waals surface area contributed by atoms with Crippen molar-refractivity contribution in [3.63, 3.8) is 0 Å². The molecule has 4 N–H and O–H groups in total. The number of rotatable bonds is 8. The Morgan fingerprint density at radius 1 is 1.02 bits per heavy atom. The van der Waals surface area contributed by atoms with Crippen molar-refractivity contribution in [3.8, 4) is 18.1 Å². The Morgan fingerprint density at radius 2 is 1.58 bits per heavy atom. The lowest BCUT2D eigenvalue weighted by Crippen LogP contribution is -2.48. The lowest BCUT2D eigenvalue weighted by molar-refractivity contribution is -0.193. The molecule has 1 saturated heterocycles. The number of carbonyl (C=O) groups is 3. The first kappa shape index (κ1) is 41.2. The average Bonchev–Trinajstić information content (AvgIpc) is 3.03. The molecule has 19 heteroatoms. The summed E-state index contributed by atoms with van der Waals surface area (Å²) >= 11 is 0. The number of aliphatic carboxylic acids is 2. The van der Waals surface area contributed by atoms with Crippen LogP contribution in [0.15, 0.2) is 59.5 Å². The Hall–Kier alpha value is -4.93. The lowest BCUT2D eigenvalue weighted by atomic mass is 9.86. The van der Waals surface area contributed by atoms with Crippen molar-refractivity contribution in [1.82, 2.24) is 15.4 Å². The number of hydrogen-bond donors (Lipinski definition) is 4. The summed E-state index contributed by atoms with van der Waals surface area (Å²) < 4.78 is 95.8. The second-order valence-electron chi connectivity index (χ2n) is 10.7.